The number of epoxide rings is 1. The maximum Gasteiger partial charge on any atom is 0.311 e. The second-order valence-corrected chi connectivity index (χ2v) is 8.77. The molecule has 1 aromatic carbocycles. The van der Waals surface area contributed by atoms with Gasteiger partial charge in [0.2, 0.25) is 11.8 Å². The molecule has 13 heteroatoms. The average Bonchev–Trinajstić information content (AvgIpc) is 3.49. The van der Waals surface area contributed by atoms with Gasteiger partial charge in [-0.1, -0.05) is 35.5 Å². The lowest BCUT2D eigenvalue weighted by Gasteiger charge is -2.21. The summed E-state index contributed by atoms with van der Waals surface area (Å²) in [6.45, 7) is 3.48. The number of benzene rings is 1. The van der Waals surface area contributed by atoms with Crippen LogP contribution in [-0.4, -0.2) is 94.0 Å². The lowest BCUT2D eigenvalue weighted by molar-refractivity contribution is -0.131. The van der Waals surface area contributed by atoms with Gasteiger partial charge >= 0.3 is 5.95 Å². The Morgan fingerprint density at radius 3 is 2.33 bits per heavy atom. The summed E-state index contributed by atoms with van der Waals surface area (Å²) in [6.07, 6.45) is 0.280. The first-order valence-corrected chi connectivity index (χ1v) is 12.3. The molecule has 3 amide bonds. The molecule has 1 fully saturated rings. The highest BCUT2D eigenvalue weighted by Gasteiger charge is 2.50. The summed E-state index contributed by atoms with van der Waals surface area (Å²) in [5.41, 5.74) is -0.136. The average molecular weight is 549 g/mol. The summed E-state index contributed by atoms with van der Waals surface area (Å²) in [7, 11) is 4.61. The Morgan fingerprint density at radius 2 is 1.74 bits per heavy atom. The fourth-order valence-electron chi connectivity index (χ4n) is 3.37. The van der Waals surface area contributed by atoms with E-state index in [1.54, 1.807) is 28.1 Å². The van der Waals surface area contributed by atoms with Gasteiger partial charge in [0.25, 0.3) is 5.91 Å². The van der Waals surface area contributed by atoms with Crippen LogP contribution in [0.3, 0.4) is 0 Å². The van der Waals surface area contributed by atoms with Crippen LogP contribution >= 0.6 is 0 Å². The van der Waals surface area contributed by atoms with Gasteiger partial charge in [0.15, 0.2) is 11.5 Å². The van der Waals surface area contributed by atoms with E-state index in [1.807, 2.05) is 30.3 Å². The van der Waals surface area contributed by atoms with Crippen molar-refractivity contribution in [1.82, 2.24) is 21.1 Å². The third-order valence-electron chi connectivity index (χ3n) is 5.42. The molecule has 3 N–H and O–H groups in total. The molecule has 0 radical (unpaired) electrons. The van der Waals surface area contributed by atoms with E-state index < -0.39 is 42.0 Å². The quantitative estimate of drug-likeness (QED) is 0.279. The summed E-state index contributed by atoms with van der Waals surface area (Å²) < 4.78 is 24.5. The van der Waals surface area contributed by atoms with Crippen molar-refractivity contribution in [3.05, 3.63) is 47.7 Å². The predicted octanol–water partition coefficient (Wildman–Crippen LogP) is 0.282. The minimum absolute atomic E-state index is 0.0668. The van der Waals surface area contributed by atoms with Gasteiger partial charge in [0.05, 0.1) is 38.5 Å². The van der Waals surface area contributed by atoms with Gasteiger partial charge in [0.1, 0.15) is 11.6 Å². The van der Waals surface area contributed by atoms with Crippen LogP contribution in [-0.2, 0) is 35.0 Å². The molecule has 0 unspecified atom stereocenters. The van der Waals surface area contributed by atoms with Gasteiger partial charge in [-0.15, -0.1) is 0 Å². The molecule has 0 saturated carbocycles. The van der Waals surface area contributed by atoms with Crippen molar-refractivity contribution in [3.8, 4) is 5.95 Å². The van der Waals surface area contributed by atoms with E-state index in [2.05, 4.69) is 25.8 Å². The lowest BCUT2D eigenvalue weighted by Crippen LogP contribution is -2.53. The highest BCUT2D eigenvalue weighted by Crippen LogP contribution is 2.29. The largest absolute Gasteiger partial charge is 0.464 e. The third kappa shape index (κ3) is 10.1. The minimum Gasteiger partial charge on any atom is -0.464 e. The van der Waals surface area contributed by atoms with Crippen molar-refractivity contribution in [2.75, 3.05) is 47.7 Å². The van der Waals surface area contributed by atoms with E-state index >= 15 is 0 Å². The second-order valence-electron chi connectivity index (χ2n) is 8.77. The van der Waals surface area contributed by atoms with Crippen LogP contribution in [0.1, 0.15) is 29.9 Å². The number of amides is 3. The number of Topliss-reactive ketones (excluding diaryl/α,β-unsaturated/α-hetero) is 1. The van der Waals surface area contributed by atoms with E-state index in [9.17, 15) is 19.2 Å². The molecule has 1 aliphatic rings. The van der Waals surface area contributed by atoms with Crippen molar-refractivity contribution in [2.24, 2.45) is 0 Å². The van der Waals surface area contributed by atoms with E-state index in [0.717, 1.165) is 5.56 Å². The van der Waals surface area contributed by atoms with Crippen LogP contribution in [0.15, 0.2) is 40.9 Å². The van der Waals surface area contributed by atoms with Gasteiger partial charge in [-0.2, -0.15) is 0 Å². The zero-order valence-electron chi connectivity index (χ0n) is 22.8. The number of ketones is 1. The van der Waals surface area contributed by atoms with Gasteiger partial charge in [-0.25, -0.2) is 0 Å². The third-order valence-corrected chi connectivity index (χ3v) is 5.42. The molecule has 1 saturated heterocycles. The lowest BCUT2D eigenvalue weighted by atomic mass is 9.95. The van der Waals surface area contributed by atoms with Gasteiger partial charge in [-0.05, 0) is 25.8 Å². The normalized spacial score (nSPS) is 17.1. The fourth-order valence-corrected chi connectivity index (χ4v) is 3.37. The molecule has 0 spiro atoms. The van der Waals surface area contributed by atoms with Crippen LogP contribution in [0, 0.1) is 0 Å². The van der Waals surface area contributed by atoms with Crippen LogP contribution in [0.25, 0.3) is 0 Å². The van der Waals surface area contributed by atoms with E-state index in [4.69, 9.17) is 18.7 Å². The summed E-state index contributed by atoms with van der Waals surface area (Å²) in [5.74, 6) is -2.08. The highest BCUT2D eigenvalue weighted by atomic mass is 16.6. The molecule has 2 heterocycles. The molecule has 13 nitrogen and oxygen atoms in total. The first kappa shape index (κ1) is 31.4. The second kappa shape index (κ2) is 15.6. The molecule has 214 valence electrons. The first-order valence-electron chi connectivity index (χ1n) is 12.3. The van der Waals surface area contributed by atoms with Crippen LogP contribution in [0.4, 0.5) is 0 Å². The van der Waals surface area contributed by atoms with Gasteiger partial charge < -0.3 is 39.4 Å². The first-order chi connectivity index (χ1) is 18.7. The highest BCUT2D eigenvalue weighted by molar-refractivity contribution is 5.98. The Bertz CT molecular complexity index is 1090. The van der Waals surface area contributed by atoms with Crippen LogP contribution < -0.4 is 20.7 Å². The number of nitrogens with zero attached hydrogens (tertiary/aromatic N) is 1. The molecular formula is C26H36N4O9. The van der Waals surface area contributed by atoms with Gasteiger partial charge in [-0.3, -0.25) is 19.2 Å². The van der Waals surface area contributed by atoms with Crippen molar-refractivity contribution < 1.29 is 42.6 Å². The molecule has 0 aliphatic carbocycles. The van der Waals surface area contributed by atoms with Gasteiger partial charge in [0, 0.05) is 21.3 Å². The number of ether oxygens (including phenoxy) is 4. The standard InChI is InChI=1S/C24H30N4O8.C2H6O/c1-4-34-20-11-17(28-36-20)23(32)27-18(13-33-3)22(31)25-12-19(29)26-16(21(30)24(2)14-35-24)10-15-8-6-5-7-9-15;1-3-2/h5-9,11,16,18H,4,10,12-14H2,1-3H3,(H,25,31)(H,26,29)(H,27,32);1-2H3/t16-,18-,24+;/m0./s1. The smallest absolute Gasteiger partial charge is 0.311 e. The fraction of sp³-hybridized carbons (Fsp3) is 0.500. The Hall–Kier alpha value is -3.81. The number of methoxy groups -OCH3 is 2. The number of aromatic nitrogens is 1. The summed E-state index contributed by atoms with van der Waals surface area (Å²) in [5, 5.41) is 11.2. The molecular weight excluding hydrogens is 512 g/mol. The molecule has 1 aromatic heterocycles. The SMILES string of the molecule is CCOc1cc(C(=O)N[C@@H](COC)C(=O)NCC(=O)N[C@@H](Cc2ccccc2)C(=O)[C@@]2(C)CO2)no1.COC. The van der Waals surface area contributed by atoms with Crippen molar-refractivity contribution in [3.63, 3.8) is 0 Å². The van der Waals surface area contributed by atoms with E-state index in [1.165, 1.54) is 13.2 Å². The molecule has 1 aliphatic heterocycles. The number of carbonyl (C=O) groups excluding carboxylic acids is 4. The Kier molecular flexibility index (Phi) is 12.5. The number of nitrogens with one attached hydrogen (secondary N) is 3. The molecule has 2 aromatic rings. The Labute approximate surface area is 226 Å². The van der Waals surface area contributed by atoms with Crippen molar-refractivity contribution >= 4 is 23.5 Å². The predicted molar refractivity (Wildman–Crippen MR) is 138 cm³/mol. The van der Waals surface area contributed by atoms with Crippen molar-refractivity contribution in [1.29, 1.82) is 0 Å². The molecule has 39 heavy (non-hydrogen) atoms. The van der Waals surface area contributed by atoms with E-state index in [0.29, 0.717) is 13.2 Å². The maximum absolute atomic E-state index is 12.9. The molecule has 0 bridgehead atoms. The number of rotatable bonds is 14. The Morgan fingerprint density at radius 1 is 1.08 bits per heavy atom. The number of carbonyl (C=O) groups is 4. The summed E-state index contributed by atoms with van der Waals surface area (Å²) in [6, 6.07) is 8.61. The minimum atomic E-state index is -1.11. The topological polar surface area (TPSA) is 171 Å². The number of hydrogen-bond acceptors (Lipinski definition) is 10. The van der Waals surface area contributed by atoms with E-state index in [-0.39, 0.29) is 30.5 Å². The number of hydrogen-bond donors (Lipinski definition) is 3. The van der Waals surface area contributed by atoms with Crippen LogP contribution in [0.2, 0.25) is 0 Å². The Balaban J connectivity index is 0.00000170. The monoisotopic (exact) mass is 548 g/mol. The van der Waals surface area contributed by atoms with Crippen LogP contribution in [0.5, 0.6) is 5.95 Å². The molecule has 3 atom stereocenters. The zero-order chi connectivity index (χ0) is 28.8. The van der Waals surface area contributed by atoms with Crippen molar-refractivity contribution in [2.45, 2.75) is 38.0 Å². The maximum atomic E-state index is 12.9. The molecule has 3 rings (SSSR count). The summed E-state index contributed by atoms with van der Waals surface area (Å²) >= 11 is 0. The summed E-state index contributed by atoms with van der Waals surface area (Å²) in [4.78, 5) is 50.6. The zero-order valence-corrected chi connectivity index (χ0v) is 22.8.